The molecule has 0 aliphatic carbocycles. The van der Waals surface area contributed by atoms with Gasteiger partial charge in [0.15, 0.2) is 0 Å². The molecule has 4 nitrogen and oxygen atoms in total. The van der Waals surface area contributed by atoms with Crippen molar-refractivity contribution in [1.29, 1.82) is 0 Å². The molecule has 0 saturated carbocycles. The fourth-order valence-corrected chi connectivity index (χ4v) is 0.788. The quantitative estimate of drug-likeness (QED) is 0.375. The van der Waals surface area contributed by atoms with E-state index >= 15 is 0 Å². The summed E-state index contributed by atoms with van der Waals surface area (Å²) in [6.45, 7) is 0. The maximum Gasteiger partial charge on any atom is 0.341 e. The molecule has 1 aromatic carbocycles. The fraction of sp³-hybridized carbons (Fsp3) is 0. The largest absolute Gasteiger partial charge is 0.540 e. The molecular formula is C6H4NO3Si. The standard InChI is InChI=1S/C6H4NO3Si/c8-7(9)5-2-1-3-6(4-5)10-11/h1-4H. The molecule has 0 atom stereocenters. The van der Waals surface area contributed by atoms with Crippen LogP contribution in [0.5, 0.6) is 5.75 Å². The lowest BCUT2D eigenvalue weighted by Crippen LogP contribution is -1.89. The molecule has 1 aromatic rings. The second-order valence-corrected chi connectivity index (χ2v) is 2.06. The third kappa shape index (κ3) is 1.78. The molecule has 0 amide bonds. The number of hydrogen-bond acceptors (Lipinski definition) is 3. The van der Waals surface area contributed by atoms with Crippen molar-refractivity contribution in [2.45, 2.75) is 0 Å². The zero-order chi connectivity index (χ0) is 8.27. The maximum absolute atomic E-state index is 10.2. The molecular weight excluding hydrogens is 162 g/mol. The first kappa shape index (κ1) is 7.74. The van der Waals surface area contributed by atoms with Crippen LogP contribution < -0.4 is 4.43 Å². The van der Waals surface area contributed by atoms with Gasteiger partial charge in [-0.15, -0.1) is 0 Å². The molecule has 11 heavy (non-hydrogen) atoms. The predicted molar refractivity (Wildman–Crippen MR) is 39.5 cm³/mol. The van der Waals surface area contributed by atoms with Crippen molar-refractivity contribution in [2.75, 3.05) is 0 Å². The molecule has 0 aromatic heterocycles. The van der Waals surface area contributed by atoms with E-state index in [1.807, 2.05) is 0 Å². The van der Waals surface area contributed by atoms with E-state index in [0.717, 1.165) is 0 Å². The first-order valence-corrected chi connectivity index (χ1v) is 3.23. The van der Waals surface area contributed by atoms with Gasteiger partial charge < -0.3 is 4.43 Å². The summed E-state index contributed by atoms with van der Waals surface area (Å²) in [6, 6.07) is 5.88. The third-order valence-electron chi connectivity index (χ3n) is 1.15. The van der Waals surface area contributed by atoms with Crippen molar-refractivity contribution < 1.29 is 9.35 Å². The minimum atomic E-state index is -0.477. The van der Waals surface area contributed by atoms with Gasteiger partial charge >= 0.3 is 10.5 Å². The summed E-state index contributed by atoms with van der Waals surface area (Å²) in [4.78, 5) is 9.73. The van der Waals surface area contributed by atoms with E-state index in [4.69, 9.17) is 0 Å². The van der Waals surface area contributed by atoms with E-state index in [1.165, 1.54) is 12.1 Å². The molecule has 0 unspecified atom stereocenters. The van der Waals surface area contributed by atoms with Crippen LogP contribution in [0.1, 0.15) is 0 Å². The van der Waals surface area contributed by atoms with Crippen LogP contribution in [0, 0.1) is 10.1 Å². The fourth-order valence-electron chi connectivity index (χ4n) is 0.661. The van der Waals surface area contributed by atoms with Crippen molar-refractivity contribution in [3.63, 3.8) is 0 Å². The monoisotopic (exact) mass is 166 g/mol. The SMILES string of the molecule is O=[N+]([O-])c1cccc(O[Si])c1. The van der Waals surface area contributed by atoms with Crippen molar-refractivity contribution in [3.05, 3.63) is 34.4 Å². The van der Waals surface area contributed by atoms with E-state index in [9.17, 15) is 10.1 Å². The first-order valence-electron chi connectivity index (χ1n) is 2.82. The minimum Gasteiger partial charge on any atom is -0.540 e. The number of benzene rings is 1. The summed E-state index contributed by atoms with van der Waals surface area (Å²) in [5.41, 5.74) is 0.0146. The predicted octanol–water partition coefficient (Wildman–Crippen LogP) is 1.06. The van der Waals surface area contributed by atoms with Gasteiger partial charge in [-0.25, -0.2) is 0 Å². The van der Waals surface area contributed by atoms with E-state index in [1.54, 1.807) is 12.1 Å². The normalized spacial score (nSPS) is 9.18. The van der Waals surface area contributed by atoms with Gasteiger partial charge in [0, 0.05) is 6.07 Å². The second-order valence-electron chi connectivity index (χ2n) is 1.86. The Morgan fingerprint density at radius 1 is 1.55 bits per heavy atom. The summed E-state index contributed by atoms with van der Waals surface area (Å²) in [7, 11) is 2.76. The Hall–Kier alpha value is -1.36. The van der Waals surface area contributed by atoms with Gasteiger partial charge in [0.2, 0.25) is 0 Å². The molecule has 0 heterocycles. The van der Waals surface area contributed by atoms with E-state index in [0.29, 0.717) is 5.75 Å². The van der Waals surface area contributed by atoms with E-state index in [2.05, 4.69) is 14.9 Å². The average molecular weight is 166 g/mol. The molecule has 0 N–H and O–H groups in total. The lowest BCUT2D eigenvalue weighted by atomic mass is 10.3. The van der Waals surface area contributed by atoms with E-state index in [-0.39, 0.29) is 5.69 Å². The van der Waals surface area contributed by atoms with Crippen LogP contribution in [-0.2, 0) is 0 Å². The van der Waals surface area contributed by atoms with Gasteiger partial charge in [0.05, 0.1) is 11.0 Å². The van der Waals surface area contributed by atoms with Crippen molar-refractivity contribution in [1.82, 2.24) is 0 Å². The Kier molecular flexibility index (Phi) is 2.22. The Morgan fingerprint density at radius 3 is 2.82 bits per heavy atom. The van der Waals surface area contributed by atoms with Crippen LogP contribution in [0.15, 0.2) is 24.3 Å². The first-order chi connectivity index (χ1) is 5.24. The molecule has 0 fully saturated rings. The third-order valence-corrected chi connectivity index (χ3v) is 1.38. The average Bonchev–Trinajstić information content (AvgIpc) is 2.05. The van der Waals surface area contributed by atoms with Crippen molar-refractivity contribution >= 4 is 16.2 Å². The molecule has 55 valence electrons. The molecule has 0 saturated heterocycles. The number of non-ortho nitro benzene ring substituents is 1. The Labute approximate surface area is 66.5 Å². The maximum atomic E-state index is 10.2. The lowest BCUT2D eigenvalue weighted by molar-refractivity contribution is -0.384. The molecule has 0 aliphatic heterocycles. The van der Waals surface area contributed by atoms with Gasteiger partial charge in [-0.3, -0.25) is 10.1 Å². The molecule has 0 spiro atoms. The Morgan fingerprint density at radius 2 is 2.27 bits per heavy atom. The highest BCUT2D eigenvalue weighted by atomic mass is 28.2. The number of hydrogen-bond donors (Lipinski definition) is 0. The zero-order valence-electron chi connectivity index (χ0n) is 5.48. The zero-order valence-corrected chi connectivity index (χ0v) is 6.48. The summed E-state index contributed by atoms with van der Waals surface area (Å²) in [5, 5.41) is 10.2. The summed E-state index contributed by atoms with van der Waals surface area (Å²) in [6.07, 6.45) is 0. The molecule has 5 heteroatoms. The van der Waals surface area contributed by atoms with Crippen molar-refractivity contribution in [2.24, 2.45) is 0 Å². The molecule has 3 radical (unpaired) electrons. The second kappa shape index (κ2) is 3.15. The highest BCUT2D eigenvalue weighted by Gasteiger charge is 2.04. The summed E-state index contributed by atoms with van der Waals surface area (Å²) < 4.78 is 4.61. The number of nitro benzene ring substituents is 1. The van der Waals surface area contributed by atoms with E-state index < -0.39 is 4.92 Å². The van der Waals surface area contributed by atoms with Gasteiger partial charge in [-0.05, 0) is 6.07 Å². The smallest absolute Gasteiger partial charge is 0.341 e. The van der Waals surface area contributed by atoms with Crippen LogP contribution in [-0.4, -0.2) is 15.4 Å². The van der Waals surface area contributed by atoms with Gasteiger partial charge in [0.25, 0.3) is 5.69 Å². The minimum absolute atomic E-state index is 0.0146. The number of rotatable bonds is 2. The molecule has 0 aliphatic rings. The van der Waals surface area contributed by atoms with Crippen LogP contribution in [0.2, 0.25) is 0 Å². The van der Waals surface area contributed by atoms with Crippen molar-refractivity contribution in [3.8, 4) is 5.75 Å². The summed E-state index contributed by atoms with van der Waals surface area (Å²) >= 11 is 0. The number of nitrogens with zero attached hydrogens (tertiary/aromatic N) is 1. The highest BCUT2D eigenvalue weighted by molar-refractivity contribution is 6.00. The van der Waals surface area contributed by atoms with Crippen LogP contribution >= 0.6 is 0 Å². The number of nitro groups is 1. The highest BCUT2D eigenvalue weighted by Crippen LogP contribution is 2.17. The van der Waals surface area contributed by atoms with Crippen LogP contribution in [0.25, 0.3) is 0 Å². The lowest BCUT2D eigenvalue weighted by Gasteiger charge is -1.96. The van der Waals surface area contributed by atoms with Crippen LogP contribution in [0.4, 0.5) is 5.69 Å². The van der Waals surface area contributed by atoms with Crippen LogP contribution in [0.3, 0.4) is 0 Å². The Balaban J connectivity index is 3.01. The topological polar surface area (TPSA) is 52.4 Å². The van der Waals surface area contributed by atoms with Gasteiger partial charge in [0.1, 0.15) is 5.75 Å². The Bertz CT molecular complexity index is 276. The molecule has 1 rings (SSSR count). The molecule has 0 bridgehead atoms. The van der Waals surface area contributed by atoms with Gasteiger partial charge in [-0.2, -0.15) is 0 Å². The summed E-state index contributed by atoms with van der Waals surface area (Å²) in [5.74, 6) is 0.413. The van der Waals surface area contributed by atoms with Gasteiger partial charge in [-0.1, -0.05) is 6.07 Å².